The van der Waals surface area contributed by atoms with Crippen LogP contribution in [-0.4, -0.2) is 19.8 Å². The first kappa shape index (κ1) is 15.4. The Labute approximate surface area is 126 Å². The SMILES string of the molecule is CCCCOCCNc1ccc(Oc2ccccc2)cc1. The minimum atomic E-state index is 0.738. The van der Waals surface area contributed by atoms with Gasteiger partial charge in [0.2, 0.25) is 0 Å². The van der Waals surface area contributed by atoms with Crippen LogP contribution in [-0.2, 0) is 4.74 Å². The van der Waals surface area contributed by atoms with Crippen molar-refractivity contribution < 1.29 is 9.47 Å². The number of rotatable bonds is 9. The molecule has 0 bridgehead atoms. The molecule has 0 atom stereocenters. The van der Waals surface area contributed by atoms with E-state index in [1.165, 1.54) is 6.42 Å². The molecule has 2 rings (SSSR count). The number of hydrogen-bond acceptors (Lipinski definition) is 3. The summed E-state index contributed by atoms with van der Waals surface area (Å²) in [6.45, 7) is 4.58. The highest BCUT2D eigenvalue weighted by molar-refractivity contribution is 5.47. The molecule has 0 spiro atoms. The molecule has 3 heteroatoms. The predicted molar refractivity (Wildman–Crippen MR) is 87.2 cm³/mol. The number of benzene rings is 2. The van der Waals surface area contributed by atoms with Crippen LogP contribution in [0.5, 0.6) is 11.5 Å². The lowest BCUT2D eigenvalue weighted by molar-refractivity contribution is 0.141. The Morgan fingerprint density at radius 1 is 0.857 bits per heavy atom. The lowest BCUT2D eigenvalue weighted by Crippen LogP contribution is -2.09. The highest BCUT2D eigenvalue weighted by atomic mass is 16.5. The van der Waals surface area contributed by atoms with Crippen LogP contribution in [0, 0.1) is 0 Å². The molecule has 0 saturated heterocycles. The third-order valence-corrected chi connectivity index (χ3v) is 3.05. The average molecular weight is 285 g/mol. The van der Waals surface area contributed by atoms with Gasteiger partial charge in [-0.3, -0.25) is 0 Å². The lowest BCUT2D eigenvalue weighted by atomic mass is 10.3. The fourth-order valence-electron chi connectivity index (χ4n) is 1.88. The van der Waals surface area contributed by atoms with Crippen molar-refractivity contribution in [2.45, 2.75) is 19.8 Å². The van der Waals surface area contributed by atoms with Crippen LogP contribution in [0.4, 0.5) is 5.69 Å². The van der Waals surface area contributed by atoms with Gasteiger partial charge >= 0.3 is 0 Å². The second kappa shape index (κ2) is 9.03. The van der Waals surface area contributed by atoms with Gasteiger partial charge in [-0.25, -0.2) is 0 Å². The normalized spacial score (nSPS) is 10.3. The zero-order valence-corrected chi connectivity index (χ0v) is 12.5. The number of hydrogen-bond donors (Lipinski definition) is 1. The predicted octanol–water partition coefficient (Wildman–Crippen LogP) is 4.71. The third kappa shape index (κ3) is 5.88. The summed E-state index contributed by atoms with van der Waals surface area (Å²) >= 11 is 0. The van der Waals surface area contributed by atoms with Crippen LogP contribution in [0.15, 0.2) is 54.6 Å². The average Bonchev–Trinajstić information content (AvgIpc) is 2.53. The van der Waals surface area contributed by atoms with Gasteiger partial charge in [-0.05, 0) is 42.8 Å². The summed E-state index contributed by atoms with van der Waals surface area (Å²) in [6, 6.07) is 17.8. The van der Waals surface area contributed by atoms with Gasteiger partial charge < -0.3 is 14.8 Å². The summed E-state index contributed by atoms with van der Waals surface area (Å²) in [5, 5.41) is 3.33. The van der Waals surface area contributed by atoms with Gasteiger partial charge in [0.15, 0.2) is 0 Å². The van der Waals surface area contributed by atoms with Crippen molar-refractivity contribution in [2.75, 3.05) is 25.1 Å². The molecule has 21 heavy (non-hydrogen) atoms. The van der Waals surface area contributed by atoms with Crippen LogP contribution in [0.3, 0.4) is 0 Å². The maximum atomic E-state index is 5.75. The first-order valence-corrected chi connectivity index (χ1v) is 7.53. The number of unbranched alkanes of at least 4 members (excludes halogenated alkanes) is 1. The fourth-order valence-corrected chi connectivity index (χ4v) is 1.88. The number of nitrogens with one attached hydrogen (secondary N) is 1. The maximum absolute atomic E-state index is 5.75. The van der Waals surface area contributed by atoms with Crippen molar-refractivity contribution in [3.05, 3.63) is 54.6 Å². The molecule has 0 saturated carbocycles. The molecule has 2 aromatic rings. The third-order valence-electron chi connectivity index (χ3n) is 3.05. The minimum absolute atomic E-state index is 0.738. The van der Waals surface area contributed by atoms with Crippen molar-refractivity contribution >= 4 is 5.69 Å². The second-order valence-electron chi connectivity index (χ2n) is 4.83. The van der Waals surface area contributed by atoms with Crippen molar-refractivity contribution in [1.82, 2.24) is 0 Å². The first-order chi connectivity index (χ1) is 10.4. The molecule has 2 aromatic carbocycles. The standard InChI is InChI=1S/C18H23NO2/c1-2-3-14-20-15-13-19-16-9-11-18(12-10-16)21-17-7-5-4-6-8-17/h4-12,19H,2-3,13-15H2,1H3. The van der Waals surface area contributed by atoms with E-state index < -0.39 is 0 Å². The molecule has 0 amide bonds. The molecule has 0 unspecified atom stereocenters. The summed E-state index contributed by atoms with van der Waals surface area (Å²) in [4.78, 5) is 0. The Balaban J connectivity index is 1.72. The van der Waals surface area contributed by atoms with Gasteiger partial charge in [-0.15, -0.1) is 0 Å². The van der Waals surface area contributed by atoms with Crippen molar-refractivity contribution in [1.29, 1.82) is 0 Å². The molecule has 0 aromatic heterocycles. The molecule has 0 aliphatic rings. The lowest BCUT2D eigenvalue weighted by Gasteiger charge is -2.09. The molecular formula is C18H23NO2. The Kier molecular flexibility index (Phi) is 6.62. The fraction of sp³-hybridized carbons (Fsp3) is 0.333. The maximum Gasteiger partial charge on any atom is 0.127 e. The molecule has 0 radical (unpaired) electrons. The second-order valence-corrected chi connectivity index (χ2v) is 4.83. The van der Waals surface area contributed by atoms with Gasteiger partial charge in [0, 0.05) is 18.8 Å². The Hall–Kier alpha value is -2.00. The van der Waals surface area contributed by atoms with Crippen molar-refractivity contribution in [3.8, 4) is 11.5 Å². The zero-order valence-electron chi connectivity index (χ0n) is 12.5. The zero-order chi connectivity index (χ0) is 14.8. The van der Waals surface area contributed by atoms with E-state index in [-0.39, 0.29) is 0 Å². The van der Waals surface area contributed by atoms with Crippen LogP contribution in [0.2, 0.25) is 0 Å². The summed E-state index contributed by atoms with van der Waals surface area (Å²) in [5.74, 6) is 1.69. The molecule has 112 valence electrons. The van der Waals surface area contributed by atoms with Crippen LogP contribution in [0.25, 0.3) is 0 Å². The topological polar surface area (TPSA) is 30.5 Å². The summed E-state index contributed by atoms with van der Waals surface area (Å²) < 4.78 is 11.3. The summed E-state index contributed by atoms with van der Waals surface area (Å²) in [5.41, 5.74) is 1.08. The highest BCUT2D eigenvalue weighted by Crippen LogP contribution is 2.22. The van der Waals surface area contributed by atoms with E-state index in [4.69, 9.17) is 9.47 Å². The van der Waals surface area contributed by atoms with E-state index in [0.29, 0.717) is 0 Å². The highest BCUT2D eigenvalue weighted by Gasteiger charge is 1.97. The molecule has 0 fully saturated rings. The van der Waals surface area contributed by atoms with Crippen molar-refractivity contribution in [3.63, 3.8) is 0 Å². The number of ether oxygens (including phenoxy) is 2. The summed E-state index contributed by atoms with van der Waals surface area (Å²) in [6.07, 6.45) is 2.31. The van der Waals surface area contributed by atoms with E-state index in [9.17, 15) is 0 Å². The smallest absolute Gasteiger partial charge is 0.127 e. The molecule has 0 heterocycles. The van der Waals surface area contributed by atoms with E-state index in [1.54, 1.807) is 0 Å². The molecule has 0 aliphatic carbocycles. The van der Waals surface area contributed by atoms with Crippen LogP contribution in [0.1, 0.15) is 19.8 Å². The largest absolute Gasteiger partial charge is 0.457 e. The molecule has 1 N–H and O–H groups in total. The van der Waals surface area contributed by atoms with Gasteiger partial charge in [0.25, 0.3) is 0 Å². The first-order valence-electron chi connectivity index (χ1n) is 7.53. The monoisotopic (exact) mass is 285 g/mol. The Morgan fingerprint density at radius 2 is 1.57 bits per heavy atom. The van der Waals surface area contributed by atoms with Gasteiger partial charge in [-0.1, -0.05) is 31.5 Å². The van der Waals surface area contributed by atoms with E-state index in [1.807, 2.05) is 54.6 Å². The Morgan fingerprint density at radius 3 is 2.29 bits per heavy atom. The Bertz CT molecular complexity index is 496. The van der Waals surface area contributed by atoms with Crippen LogP contribution < -0.4 is 10.1 Å². The summed E-state index contributed by atoms with van der Waals surface area (Å²) in [7, 11) is 0. The minimum Gasteiger partial charge on any atom is -0.457 e. The molecular weight excluding hydrogens is 262 g/mol. The number of anilines is 1. The molecule has 0 aliphatic heterocycles. The molecule has 3 nitrogen and oxygen atoms in total. The number of para-hydroxylation sites is 1. The van der Waals surface area contributed by atoms with E-state index in [2.05, 4.69) is 12.2 Å². The van der Waals surface area contributed by atoms with E-state index in [0.717, 1.165) is 43.4 Å². The van der Waals surface area contributed by atoms with Gasteiger partial charge in [0.05, 0.1) is 6.61 Å². The van der Waals surface area contributed by atoms with Gasteiger partial charge in [0.1, 0.15) is 11.5 Å². The van der Waals surface area contributed by atoms with E-state index >= 15 is 0 Å². The quantitative estimate of drug-likeness (QED) is 0.677. The van der Waals surface area contributed by atoms with Crippen LogP contribution >= 0.6 is 0 Å². The van der Waals surface area contributed by atoms with Gasteiger partial charge in [-0.2, -0.15) is 0 Å². The van der Waals surface area contributed by atoms with Crippen molar-refractivity contribution in [2.24, 2.45) is 0 Å².